The lowest BCUT2D eigenvalue weighted by Crippen LogP contribution is -2.49. The zero-order valence-electron chi connectivity index (χ0n) is 10.3. The van der Waals surface area contributed by atoms with Crippen molar-refractivity contribution in [1.82, 2.24) is 4.90 Å². The summed E-state index contributed by atoms with van der Waals surface area (Å²) in [5.74, 6) is 0.0960. The molecule has 1 rings (SSSR count). The Morgan fingerprint density at radius 2 is 2.19 bits per heavy atom. The van der Waals surface area contributed by atoms with Gasteiger partial charge in [0, 0.05) is 12.5 Å². The van der Waals surface area contributed by atoms with Crippen molar-refractivity contribution in [3.8, 4) is 0 Å². The largest absolute Gasteiger partial charge is 0.444 e. The molecule has 1 amide bonds. The van der Waals surface area contributed by atoms with E-state index in [4.69, 9.17) is 10.5 Å². The van der Waals surface area contributed by atoms with E-state index in [1.165, 1.54) is 0 Å². The minimum atomic E-state index is -0.536. The number of amides is 1. The fourth-order valence-electron chi connectivity index (χ4n) is 1.75. The second-order valence-electron chi connectivity index (χ2n) is 5.28. The van der Waals surface area contributed by atoms with E-state index < -0.39 is 11.7 Å². The van der Waals surface area contributed by atoms with Crippen molar-refractivity contribution >= 4 is 6.09 Å². The average molecular weight is 230 g/mol. The van der Waals surface area contributed by atoms with Crippen LogP contribution in [0.2, 0.25) is 0 Å². The number of aliphatic hydroxyl groups is 1. The van der Waals surface area contributed by atoms with Crippen molar-refractivity contribution in [2.75, 3.05) is 19.6 Å². The molecule has 5 heteroatoms. The van der Waals surface area contributed by atoms with Gasteiger partial charge in [0.15, 0.2) is 0 Å². The Kier molecular flexibility index (Phi) is 4.15. The molecule has 1 aliphatic heterocycles. The van der Waals surface area contributed by atoms with Gasteiger partial charge in [-0.3, -0.25) is 0 Å². The first-order valence-electron chi connectivity index (χ1n) is 5.69. The molecule has 2 atom stereocenters. The lowest BCUT2D eigenvalue weighted by Gasteiger charge is -2.36. The van der Waals surface area contributed by atoms with E-state index in [-0.39, 0.29) is 12.0 Å². The topological polar surface area (TPSA) is 75.8 Å². The molecule has 0 aromatic rings. The van der Waals surface area contributed by atoms with E-state index >= 15 is 0 Å². The van der Waals surface area contributed by atoms with Crippen LogP contribution in [-0.4, -0.2) is 47.4 Å². The van der Waals surface area contributed by atoms with Crippen LogP contribution in [0.1, 0.15) is 27.2 Å². The van der Waals surface area contributed by atoms with Gasteiger partial charge in [-0.25, -0.2) is 4.79 Å². The highest BCUT2D eigenvalue weighted by molar-refractivity contribution is 5.68. The minimum absolute atomic E-state index is 0.0960. The smallest absolute Gasteiger partial charge is 0.410 e. The van der Waals surface area contributed by atoms with Crippen LogP contribution in [0.3, 0.4) is 0 Å². The molecule has 0 aromatic heterocycles. The van der Waals surface area contributed by atoms with Gasteiger partial charge in [0.2, 0.25) is 0 Å². The number of hydrogen-bond donors (Lipinski definition) is 2. The molecule has 0 aliphatic carbocycles. The van der Waals surface area contributed by atoms with Crippen molar-refractivity contribution in [2.24, 2.45) is 11.7 Å². The number of nitrogens with two attached hydrogens (primary N) is 1. The summed E-state index contributed by atoms with van der Waals surface area (Å²) in [5, 5.41) is 9.76. The Labute approximate surface area is 96.6 Å². The van der Waals surface area contributed by atoms with Crippen LogP contribution in [0, 0.1) is 5.92 Å². The summed E-state index contributed by atoms with van der Waals surface area (Å²) in [6.45, 7) is 6.86. The van der Waals surface area contributed by atoms with Gasteiger partial charge in [-0.1, -0.05) is 0 Å². The molecule has 3 N–H and O–H groups in total. The third kappa shape index (κ3) is 3.64. The molecule has 1 heterocycles. The number of piperidine rings is 1. The van der Waals surface area contributed by atoms with Gasteiger partial charge in [-0.05, 0) is 33.7 Å². The highest BCUT2D eigenvalue weighted by Gasteiger charge is 2.31. The van der Waals surface area contributed by atoms with E-state index in [0.717, 1.165) is 6.42 Å². The summed E-state index contributed by atoms with van der Waals surface area (Å²) < 4.78 is 5.24. The van der Waals surface area contributed by atoms with E-state index in [9.17, 15) is 9.90 Å². The minimum Gasteiger partial charge on any atom is -0.444 e. The molecule has 1 unspecified atom stereocenters. The number of β-amino-alcohol motifs (C(OH)–C–C–N with tert-alkyl or cyclic N) is 1. The number of carbonyl (C=O) groups is 1. The Balaban J connectivity index is 2.48. The number of carbonyl (C=O) groups excluding carboxylic acids is 1. The second kappa shape index (κ2) is 5.01. The molecule has 1 aliphatic rings. The van der Waals surface area contributed by atoms with E-state index in [0.29, 0.717) is 19.6 Å². The fourth-order valence-corrected chi connectivity index (χ4v) is 1.75. The van der Waals surface area contributed by atoms with E-state index in [1.54, 1.807) is 4.90 Å². The molecule has 94 valence electrons. The molecule has 0 saturated carbocycles. The highest BCUT2D eigenvalue weighted by Crippen LogP contribution is 2.19. The predicted octanol–water partition coefficient (Wildman–Crippen LogP) is 0.563. The van der Waals surface area contributed by atoms with Crippen molar-refractivity contribution < 1.29 is 14.6 Å². The maximum Gasteiger partial charge on any atom is 0.410 e. The van der Waals surface area contributed by atoms with Crippen LogP contribution in [-0.2, 0) is 4.74 Å². The maximum absolute atomic E-state index is 11.7. The second-order valence-corrected chi connectivity index (χ2v) is 5.28. The van der Waals surface area contributed by atoms with Gasteiger partial charge in [-0.15, -0.1) is 0 Å². The first-order chi connectivity index (χ1) is 7.33. The Morgan fingerprint density at radius 3 is 2.62 bits per heavy atom. The first kappa shape index (κ1) is 13.3. The molecule has 5 nitrogen and oxygen atoms in total. The molecular weight excluding hydrogens is 208 g/mol. The van der Waals surface area contributed by atoms with Crippen molar-refractivity contribution in [2.45, 2.75) is 38.9 Å². The van der Waals surface area contributed by atoms with Gasteiger partial charge < -0.3 is 20.5 Å². The summed E-state index contributed by atoms with van der Waals surface area (Å²) >= 11 is 0. The molecule has 0 radical (unpaired) electrons. The van der Waals surface area contributed by atoms with Gasteiger partial charge in [0.25, 0.3) is 0 Å². The number of hydrogen-bond acceptors (Lipinski definition) is 4. The maximum atomic E-state index is 11.7. The number of likely N-dealkylation sites (tertiary alicyclic amines) is 1. The third-order valence-electron chi connectivity index (χ3n) is 2.68. The predicted molar refractivity (Wildman–Crippen MR) is 61.0 cm³/mol. The number of ether oxygens (including phenoxy) is 1. The van der Waals surface area contributed by atoms with Gasteiger partial charge >= 0.3 is 6.09 Å². The zero-order valence-corrected chi connectivity index (χ0v) is 10.3. The van der Waals surface area contributed by atoms with Crippen LogP contribution < -0.4 is 5.73 Å². The Hall–Kier alpha value is -0.810. The zero-order chi connectivity index (χ0) is 12.3. The van der Waals surface area contributed by atoms with Crippen molar-refractivity contribution in [1.29, 1.82) is 0 Å². The standard InChI is InChI=1S/C11H22N2O3/c1-11(2,3)16-10(15)13-5-4-8(6-12)9(14)7-13/h8-9,14H,4-7,12H2,1-3H3/t8?,9-/m0/s1. The molecule has 0 spiro atoms. The Morgan fingerprint density at radius 1 is 1.56 bits per heavy atom. The van der Waals surface area contributed by atoms with E-state index in [2.05, 4.69) is 0 Å². The lowest BCUT2D eigenvalue weighted by molar-refractivity contribution is -0.0110. The molecule has 1 saturated heterocycles. The summed E-state index contributed by atoms with van der Waals surface area (Å²) in [5.41, 5.74) is 5.03. The first-order valence-corrected chi connectivity index (χ1v) is 5.69. The lowest BCUT2D eigenvalue weighted by atomic mass is 9.94. The highest BCUT2D eigenvalue weighted by atomic mass is 16.6. The monoisotopic (exact) mass is 230 g/mol. The van der Waals surface area contributed by atoms with Gasteiger partial charge in [0.1, 0.15) is 5.60 Å². The molecule has 16 heavy (non-hydrogen) atoms. The van der Waals surface area contributed by atoms with Crippen LogP contribution in [0.15, 0.2) is 0 Å². The normalized spacial score (nSPS) is 26.7. The van der Waals surface area contributed by atoms with Gasteiger partial charge in [0.05, 0.1) is 12.6 Å². The summed E-state index contributed by atoms with van der Waals surface area (Å²) in [6, 6.07) is 0. The number of aliphatic hydroxyl groups excluding tert-OH is 1. The van der Waals surface area contributed by atoms with E-state index in [1.807, 2.05) is 20.8 Å². The SMILES string of the molecule is CC(C)(C)OC(=O)N1CCC(CN)[C@@H](O)C1. The van der Waals surface area contributed by atoms with Crippen LogP contribution >= 0.6 is 0 Å². The summed E-state index contributed by atoms with van der Waals surface area (Å²) in [7, 11) is 0. The van der Waals surface area contributed by atoms with Gasteiger partial charge in [-0.2, -0.15) is 0 Å². The molecule has 1 fully saturated rings. The quantitative estimate of drug-likeness (QED) is 0.690. The van der Waals surface area contributed by atoms with Crippen LogP contribution in [0.5, 0.6) is 0 Å². The third-order valence-corrected chi connectivity index (χ3v) is 2.68. The number of nitrogens with zero attached hydrogens (tertiary/aromatic N) is 1. The summed E-state index contributed by atoms with van der Waals surface area (Å²) in [4.78, 5) is 13.3. The molecule has 0 aromatic carbocycles. The molecule has 0 bridgehead atoms. The van der Waals surface area contributed by atoms with Crippen molar-refractivity contribution in [3.63, 3.8) is 0 Å². The summed E-state index contributed by atoms with van der Waals surface area (Å²) in [6.07, 6.45) is -0.162. The average Bonchev–Trinajstić information content (AvgIpc) is 2.15. The Bertz CT molecular complexity index is 250. The van der Waals surface area contributed by atoms with Crippen molar-refractivity contribution in [3.05, 3.63) is 0 Å². The number of rotatable bonds is 1. The molecular formula is C11H22N2O3. The van der Waals surface area contributed by atoms with Crippen LogP contribution in [0.4, 0.5) is 4.79 Å². The fraction of sp³-hybridized carbons (Fsp3) is 0.909. The van der Waals surface area contributed by atoms with Crippen LogP contribution in [0.25, 0.3) is 0 Å².